The monoisotopic (exact) mass is 241 g/mol. The zero-order valence-electron chi connectivity index (χ0n) is 10.3. The minimum absolute atomic E-state index is 0.571. The predicted octanol–water partition coefficient (Wildman–Crippen LogP) is 2.63. The standard InChI is InChI=1S/C13H15N5/c1-2-3-4-5-9-6-7-10-11(8-9)14-16-13-12(10)15-18-17-13/h6-8H,2-5H2,1H3,(H,15,16,17,18). The first-order valence-electron chi connectivity index (χ1n) is 6.34. The Morgan fingerprint density at radius 1 is 1.11 bits per heavy atom. The molecule has 0 aliphatic rings. The number of benzene rings is 1. The molecule has 0 aliphatic carbocycles. The summed E-state index contributed by atoms with van der Waals surface area (Å²) in [5.74, 6) is 0. The number of H-pyrrole nitrogens is 1. The van der Waals surface area contributed by atoms with Crippen LogP contribution in [0.2, 0.25) is 0 Å². The first kappa shape index (κ1) is 11.1. The number of unbranched alkanes of at least 4 members (excludes halogenated alkanes) is 2. The summed E-state index contributed by atoms with van der Waals surface area (Å²) in [6.45, 7) is 2.22. The van der Waals surface area contributed by atoms with Crippen molar-refractivity contribution in [1.82, 2.24) is 25.6 Å². The summed E-state index contributed by atoms with van der Waals surface area (Å²) in [5, 5.41) is 19.9. The molecular weight excluding hydrogens is 226 g/mol. The van der Waals surface area contributed by atoms with Gasteiger partial charge in [0.15, 0.2) is 0 Å². The van der Waals surface area contributed by atoms with Crippen LogP contribution in [0.3, 0.4) is 0 Å². The fraction of sp³-hybridized carbons (Fsp3) is 0.385. The lowest BCUT2D eigenvalue weighted by molar-refractivity contribution is 0.718. The van der Waals surface area contributed by atoms with E-state index in [1.165, 1.54) is 24.8 Å². The Bertz CT molecular complexity index is 673. The first-order chi connectivity index (χ1) is 8.88. The van der Waals surface area contributed by atoms with Crippen molar-refractivity contribution < 1.29 is 0 Å². The molecule has 0 saturated heterocycles. The lowest BCUT2D eigenvalue weighted by atomic mass is 10.1. The molecule has 0 saturated carbocycles. The van der Waals surface area contributed by atoms with E-state index in [1.807, 2.05) is 0 Å². The van der Waals surface area contributed by atoms with Gasteiger partial charge in [-0.1, -0.05) is 31.9 Å². The van der Waals surface area contributed by atoms with Crippen LogP contribution in [0.15, 0.2) is 18.2 Å². The zero-order chi connectivity index (χ0) is 12.4. The van der Waals surface area contributed by atoms with Crippen molar-refractivity contribution in [3.8, 4) is 0 Å². The van der Waals surface area contributed by atoms with Gasteiger partial charge in [-0.2, -0.15) is 10.3 Å². The van der Waals surface area contributed by atoms with Gasteiger partial charge in [-0.15, -0.1) is 15.3 Å². The van der Waals surface area contributed by atoms with Crippen molar-refractivity contribution in [2.45, 2.75) is 32.6 Å². The van der Waals surface area contributed by atoms with Crippen LogP contribution in [0.4, 0.5) is 0 Å². The van der Waals surface area contributed by atoms with Crippen molar-refractivity contribution in [3.05, 3.63) is 23.8 Å². The Hall–Kier alpha value is -2.04. The molecule has 3 rings (SSSR count). The third-order valence-electron chi connectivity index (χ3n) is 3.17. The second kappa shape index (κ2) is 4.68. The highest BCUT2D eigenvalue weighted by molar-refractivity contribution is 5.99. The highest BCUT2D eigenvalue weighted by Gasteiger charge is 2.07. The Morgan fingerprint density at radius 2 is 2.06 bits per heavy atom. The van der Waals surface area contributed by atoms with Crippen molar-refractivity contribution in [3.63, 3.8) is 0 Å². The van der Waals surface area contributed by atoms with Gasteiger partial charge >= 0.3 is 0 Å². The average Bonchev–Trinajstić information content (AvgIpc) is 2.87. The van der Waals surface area contributed by atoms with Gasteiger partial charge in [0.2, 0.25) is 5.65 Å². The minimum Gasteiger partial charge on any atom is -0.195 e. The summed E-state index contributed by atoms with van der Waals surface area (Å²) in [6, 6.07) is 6.32. The molecule has 0 unspecified atom stereocenters. The number of hydrogen-bond acceptors (Lipinski definition) is 4. The molecule has 0 atom stereocenters. The topological polar surface area (TPSA) is 67.3 Å². The number of nitrogens with one attached hydrogen (secondary N) is 1. The molecular formula is C13H15N5. The normalized spacial score (nSPS) is 11.4. The van der Waals surface area contributed by atoms with Crippen molar-refractivity contribution >= 4 is 22.1 Å². The van der Waals surface area contributed by atoms with Crippen molar-refractivity contribution in [2.75, 3.05) is 0 Å². The Labute approximate surface area is 105 Å². The van der Waals surface area contributed by atoms with Gasteiger partial charge in [-0.3, -0.25) is 0 Å². The molecule has 18 heavy (non-hydrogen) atoms. The molecule has 5 nitrogen and oxygen atoms in total. The maximum absolute atomic E-state index is 4.20. The van der Waals surface area contributed by atoms with E-state index in [-0.39, 0.29) is 0 Å². The van der Waals surface area contributed by atoms with Crippen LogP contribution in [0.25, 0.3) is 22.1 Å². The molecule has 3 aromatic rings. The lowest BCUT2D eigenvalue weighted by Crippen LogP contribution is -1.90. The van der Waals surface area contributed by atoms with Gasteiger partial charge in [-0.25, -0.2) is 0 Å². The number of hydrogen-bond donors (Lipinski definition) is 1. The average molecular weight is 241 g/mol. The summed E-state index contributed by atoms with van der Waals surface area (Å²) in [7, 11) is 0. The van der Waals surface area contributed by atoms with Gasteiger partial charge in [-0.05, 0) is 24.5 Å². The molecule has 1 aromatic carbocycles. The number of aromatic nitrogens is 5. The third kappa shape index (κ3) is 1.92. The number of nitrogens with zero attached hydrogens (tertiary/aromatic N) is 4. The highest BCUT2D eigenvalue weighted by Crippen LogP contribution is 2.20. The van der Waals surface area contributed by atoms with E-state index in [0.717, 1.165) is 22.8 Å². The van der Waals surface area contributed by atoms with E-state index in [4.69, 9.17) is 0 Å². The smallest absolute Gasteiger partial charge is 0.195 e. The molecule has 0 amide bonds. The van der Waals surface area contributed by atoms with Crippen LogP contribution in [-0.2, 0) is 6.42 Å². The molecule has 5 heteroatoms. The minimum atomic E-state index is 0.571. The van der Waals surface area contributed by atoms with Crippen LogP contribution in [0.1, 0.15) is 31.7 Å². The fourth-order valence-electron chi connectivity index (χ4n) is 2.17. The Morgan fingerprint density at radius 3 is 2.94 bits per heavy atom. The summed E-state index contributed by atoms with van der Waals surface area (Å²) < 4.78 is 0. The van der Waals surface area contributed by atoms with Crippen LogP contribution >= 0.6 is 0 Å². The summed E-state index contributed by atoms with van der Waals surface area (Å²) in [6.07, 6.45) is 4.84. The number of aromatic amines is 1. The molecule has 2 aromatic heterocycles. The molecule has 0 fully saturated rings. The molecule has 0 radical (unpaired) electrons. The SMILES string of the molecule is CCCCCc1ccc2c(c1)nnc1n[nH]nc12. The third-order valence-corrected chi connectivity index (χ3v) is 3.17. The van der Waals surface area contributed by atoms with E-state index in [1.54, 1.807) is 0 Å². The molecule has 0 aliphatic heterocycles. The number of rotatable bonds is 4. The van der Waals surface area contributed by atoms with Gasteiger partial charge in [0.1, 0.15) is 5.52 Å². The molecule has 0 spiro atoms. The maximum atomic E-state index is 4.20. The largest absolute Gasteiger partial charge is 0.223 e. The second-order valence-corrected chi connectivity index (χ2v) is 4.50. The number of fused-ring (bicyclic) bond motifs is 3. The Kier molecular flexibility index (Phi) is 2.88. The van der Waals surface area contributed by atoms with Gasteiger partial charge in [0.25, 0.3) is 0 Å². The van der Waals surface area contributed by atoms with E-state index >= 15 is 0 Å². The van der Waals surface area contributed by atoms with Crippen LogP contribution in [0.5, 0.6) is 0 Å². The van der Waals surface area contributed by atoms with Crippen LogP contribution in [0, 0.1) is 0 Å². The lowest BCUT2D eigenvalue weighted by Gasteiger charge is -2.02. The Balaban J connectivity index is 1.99. The maximum Gasteiger partial charge on any atom is 0.223 e. The van der Waals surface area contributed by atoms with Gasteiger partial charge < -0.3 is 0 Å². The summed E-state index contributed by atoms with van der Waals surface area (Å²) in [4.78, 5) is 0. The van der Waals surface area contributed by atoms with Crippen LogP contribution in [-0.4, -0.2) is 25.6 Å². The quantitative estimate of drug-likeness (QED) is 0.713. The van der Waals surface area contributed by atoms with Crippen molar-refractivity contribution in [2.24, 2.45) is 0 Å². The van der Waals surface area contributed by atoms with Gasteiger partial charge in [0, 0.05) is 5.39 Å². The van der Waals surface area contributed by atoms with Crippen molar-refractivity contribution in [1.29, 1.82) is 0 Å². The highest BCUT2D eigenvalue weighted by atomic mass is 15.4. The van der Waals surface area contributed by atoms with E-state index in [2.05, 4.69) is 50.7 Å². The van der Waals surface area contributed by atoms with Crippen LogP contribution < -0.4 is 0 Å². The molecule has 92 valence electrons. The predicted molar refractivity (Wildman–Crippen MR) is 70.2 cm³/mol. The molecule has 0 bridgehead atoms. The zero-order valence-corrected chi connectivity index (χ0v) is 10.3. The fourth-order valence-corrected chi connectivity index (χ4v) is 2.17. The van der Waals surface area contributed by atoms with E-state index < -0.39 is 0 Å². The van der Waals surface area contributed by atoms with E-state index in [9.17, 15) is 0 Å². The first-order valence-corrected chi connectivity index (χ1v) is 6.34. The summed E-state index contributed by atoms with van der Waals surface area (Å²) >= 11 is 0. The van der Waals surface area contributed by atoms with Gasteiger partial charge in [0.05, 0.1) is 5.52 Å². The summed E-state index contributed by atoms with van der Waals surface area (Å²) in [5.41, 5.74) is 3.57. The molecule has 1 N–H and O–H groups in total. The second-order valence-electron chi connectivity index (χ2n) is 4.50. The van der Waals surface area contributed by atoms with E-state index in [0.29, 0.717) is 5.65 Å². The molecule has 2 heterocycles. The number of aryl methyl sites for hydroxylation is 1.